The molecule has 1 aromatic carbocycles. The van der Waals surface area contributed by atoms with Gasteiger partial charge in [-0.1, -0.05) is 78.1 Å². The number of pyridine rings is 1. The molecule has 5 nitrogen and oxygen atoms in total. The molecule has 0 fully saturated rings. The quantitative estimate of drug-likeness (QED) is 0.296. The van der Waals surface area contributed by atoms with E-state index in [-0.39, 0.29) is 17.1 Å². The Morgan fingerprint density at radius 2 is 1.48 bits per heavy atom. The van der Waals surface area contributed by atoms with Gasteiger partial charge in [-0.25, -0.2) is 0 Å². The maximum absolute atomic E-state index is 12.9. The van der Waals surface area contributed by atoms with Gasteiger partial charge in [-0.05, 0) is 25.0 Å². The van der Waals surface area contributed by atoms with Gasteiger partial charge in [-0.3, -0.25) is 4.79 Å². The van der Waals surface area contributed by atoms with E-state index in [4.69, 9.17) is 9.47 Å². The lowest BCUT2D eigenvalue weighted by molar-refractivity contribution is 0.304. The van der Waals surface area contributed by atoms with E-state index in [0.29, 0.717) is 24.1 Å². The van der Waals surface area contributed by atoms with Crippen LogP contribution < -0.4 is 15.0 Å². The third-order valence-corrected chi connectivity index (χ3v) is 5.88. The van der Waals surface area contributed by atoms with Gasteiger partial charge in [-0.2, -0.15) is 0 Å². The first kappa shape index (κ1) is 25.1. The molecule has 0 aliphatic heterocycles. The van der Waals surface area contributed by atoms with Crippen LogP contribution >= 0.6 is 0 Å². The Labute approximate surface area is 187 Å². The standard InChI is InChI=1S/C26H41NO4/c1-4-6-8-10-12-14-18-27-23-20-21(31-19-15-13-11-9-7-5-2)16-17-22(23)24(28)25(30-3)26(27)29/h16-17,20,28H,4-15,18-19H2,1-3H3. The second-order valence-corrected chi connectivity index (χ2v) is 8.40. The highest BCUT2D eigenvalue weighted by Gasteiger charge is 2.17. The lowest BCUT2D eigenvalue weighted by Crippen LogP contribution is -2.22. The Morgan fingerprint density at radius 3 is 2.13 bits per heavy atom. The molecular formula is C26H41NO4. The van der Waals surface area contributed by atoms with Crippen molar-refractivity contribution >= 4 is 10.9 Å². The minimum Gasteiger partial charge on any atom is -0.504 e. The van der Waals surface area contributed by atoms with Crippen LogP contribution in [-0.4, -0.2) is 23.4 Å². The SMILES string of the molecule is CCCCCCCCOc1ccc2c(O)c(OC)c(=O)n(CCCCCCCC)c2c1. The summed E-state index contributed by atoms with van der Waals surface area (Å²) in [6, 6.07) is 5.56. The summed E-state index contributed by atoms with van der Waals surface area (Å²) in [5.41, 5.74) is 0.423. The van der Waals surface area contributed by atoms with Crippen LogP contribution in [0.1, 0.15) is 90.9 Å². The third kappa shape index (κ3) is 7.48. The summed E-state index contributed by atoms with van der Waals surface area (Å²) in [4.78, 5) is 12.9. The van der Waals surface area contributed by atoms with E-state index in [1.165, 1.54) is 64.9 Å². The first-order valence-corrected chi connectivity index (χ1v) is 12.2. The molecule has 5 heteroatoms. The van der Waals surface area contributed by atoms with Gasteiger partial charge in [0.2, 0.25) is 5.75 Å². The lowest BCUT2D eigenvalue weighted by Gasteiger charge is -2.16. The Bertz CT molecular complexity index is 843. The van der Waals surface area contributed by atoms with Crippen molar-refractivity contribution in [3.63, 3.8) is 0 Å². The van der Waals surface area contributed by atoms with Crippen LogP contribution in [0.15, 0.2) is 23.0 Å². The second-order valence-electron chi connectivity index (χ2n) is 8.40. The lowest BCUT2D eigenvalue weighted by atomic mass is 10.1. The van der Waals surface area contributed by atoms with Crippen LogP contribution in [0.3, 0.4) is 0 Å². The molecular weight excluding hydrogens is 390 g/mol. The number of unbranched alkanes of at least 4 members (excludes halogenated alkanes) is 10. The highest BCUT2D eigenvalue weighted by molar-refractivity contribution is 5.88. The fourth-order valence-corrected chi connectivity index (χ4v) is 4.01. The molecule has 0 unspecified atom stereocenters. The zero-order chi connectivity index (χ0) is 22.5. The van der Waals surface area contributed by atoms with Gasteiger partial charge >= 0.3 is 0 Å². The monoisotopic (exact) mass is 431 g/mol. The summed E-state index contributed by atoms with van der Waals surface area (Å²) in [5, 5.41) is 11.2. The van der Waals surface area contributed by atoms with Gasteiger partial charge in [0.15, 0.2) is 5.75 Å². The van der Waals surface area contributed by atoms with Crippen LogP contribution in [0, 0.1) is 0 Å². The smallest absolute Gasteiger partial charge is 0.297 e. The number of hydrogen-bond donors (Lipinski definition) is 1. The van der Waals surface area contributed by atoms with Crippen LogP contribution in [0.4, 0.5) is 0 Å². The first-order valence-electron chi connectivity index (χ1n) is 12.2. The summed E-state index contributed by atoms with van der Waals surface area (Å²) in [6.45, 7) is 5.71. The number of fused-ring (bicyclic) bond motifs is 1. The minimum absolute atomic E-state index is 0.0132. The van der Waals surface area contributed by atoms with E-state index < -0.39 is 0 Å². The Balaban J connectivity index is 2.10. The molecule has 0 spiro atoms. The van der Waals surface area contributed by atoms with Gasteiger partial charge in [0.25, 0.3) is 5.56 Å². The summed E-state index contributed by atoms with van der Waals surface area (Å²) in [6.07, 6.45) is 14.2. The summed E-state index contributed by atoms with van der Waals surface area (Å²) >= 11 is 0. The fraction of sp³-hybridized carbons (Fsp3) is 0.654. The molecule has 31 heavy (non-hydrogen) atoms. The molecule has 0 aliphatic rings. The number of rotatable bonds is 16. The number of nitrogens with zero attached hydrogens (tertiary/aromatic N) is 1. The summed E-state index contributed by atoms with van der Waals surface area (Å²) < 4.78 is 12.9. The molecule has 0 aliphatic carbocycles. The van der Waals surface area contributed by atoms with Crippen molar-refractivity contribution in [2.45, 2.75) is 97.4 Å². The molecule has 0 saturated heterocycles. The highest BCUT2D eigenvalue weighted by Crippen LogP contribution is 2.33. The number of aromatic hydroxyl groups is 1. The molecule has 0 radical (unpaired) electrons. The third-order valence-electron chi connectivity index (χ3n) is 5.88. The van der Waals surface area contributed by atoms with Crippen molar-refractivity contribution in [2.24, 2.45) is 0 Å². The normalized spacial score (nSPS) is 11.2. The van der Waals surface area contributed by atoms with E-state index in [2.05, 4.69) is 13.8 Å². The van der Waals surface area contributed by atoms with Gasteiger partial charge in [0, 0.05) is 18.0 Å². The van der Waals surface area contributed by atoms with Gasteiger partial charge in [0.1, 0.15) is 5.75 Å². The predicted octanol–water partition coefficient (Wildman–Crippen LogP) is 6.82. The average molecular weight is 432 g/mol. The molecule has 1 N–H and O–H groups in total. The van der Waals surface area contributed by atoms with Crippen molar-refractivity contribution in [1.82, 2.24) is 4.57 Å². The van der Waals surface area contributed by atoms with Gasteiger partial charge in [-0.15, -0.1) is 0 Å². The van der Waals surface area contributed by atoms with Crippen molar-refractivity contribution in [1.29, 1.82) is 0 Å². The fourth-order valence-electron chi connectivity index (χ4n) is 4.01. The van der Waals surface area contributed by atoms with Crippen molar-refractivity contribution in [3.05, 3.63) is 28.6 Å². The first-order chi connectivity index (χ1) is 15.1. The average Bonchev–Trinajstić information content (AvgIpc) is 2.77. The van der Waals surface area contributed by atoms with Crippen molar-refractivity contribution < 1.29 is 14.6 Å². The maximum atomic E-state index is 12.9. The number of aromatic nitrogens is 1. The number of ether oxygens (including phenoxy) is 2. The largest absolute Gasteiger partial charge is 0.504 e. The molecule has 0 atom stereocenters. The van der Waals surface area contributed by atoms with Crippen LogP contribution in [0.2, 0.25) is 0 Å². The zero-order valence-electron chi connectivity index (χ0n) is 19.8. The molecule has 2 aromatic rings. The van der Waals surface area contributed by atoms with E-state index >= 15 is 0 Å². The topological polar surface area (TPSA) is 60.7 Å². The highest BCUT2D eigenvalue weighted by atomic mass is 16.5. The molecule has 0 bridgehead atoms. The molecule has 1 aromatic heterocycles. The maximum Gasteiger partial charge on any atom is 0.297 e. The molecule has 0 saturated carbocycles. The van der Waals surface area contributed by atoms with Crippen molar-refractivity contribution in [3.8, 4) is 17.2 Å². The second kappa shape index (κ2) is 14.0. The van der Waals surface area contributed by atoms with Crippen molar-refractivity contribution in [2.75, 3.05) is 13.7 Å². The van der Waals surface area contributed by atoms with Gasteiger partial charge < -0.3 is 19.1 Å². The zero-order valence-corrected chi connectivity index (χ0v) is 19.8. The summed E-state index contributed by atoms with van der Waals surface area (Å²) in [5.74, 6) is 0.658. The Hall–Kier alpha value is -2.17. The molecule has 0 amide bonds. The molecule has 174 valence electrons. The van der Waals surface area contributed by atoms with E-state index in [9.17, 15) is 9.90 Å². The van der Waals surface area contributed by atoms with E-state index in [1.807, 2.05) is 18.2 Å². The Morgan fingerprint density at radius 1 is 0.871 bits per heavy atom. The number of hydrogen-bond acceptors (Lipinski definition) is 4. The molecule has 2 rings (SSSR count). The molecule has 1 heterocycles. The van der Waals surface area contributed by atoms with Crippen LogP contribution in [0.25, 0.3) is 10.9 Å². The van der Waals surface area contributed by atoms with E-state index in [1.54, 1.807) is 4.57 Å². The Kier molecular flexibility index (Phi) is 11.3. The predicted molar refractivity (Wildman–Crippen MR) is 129 cm³/mol. The number of aryl methyl sites for hydroxylation is 1. The van der Waals surface area contributed by atoms with E-state index in [0.717, 1.165) is 25.0 Å². The number of methoxy groups -OCH3 is 1. The minimum atomic E-state index is -0.283. The number of benzene rings is 1. The van der Waals surface area contributed by atoms with Crippen LogP contribution in [0.5, 0.6) is 17.2 Å². The van der Waals surface area contributed by atoms with Crippen LogP contribution in [-0.2, 0) is 6.54 Å². The summed E-state index contributed by atoms with van der Waals surface area (Å²) in [7, 11) is 1.43. The van der Waals surface area contributed by atoms with Gasteiger partial charge in [0.05, 0.1) is 19.2 Å².